The zero-order valence-electron chi connectivity index (χ0n) is 21.6. The summed E-state index contributed by atoms with van der Waals surface area (Å²) in [7, 11) is 0. The van der Waals surface area contributed by atoms with Gasteiger partial charge < -0.3 is 19.5 Å². The highest BCUT2D eigenvalue weighted by Crippen LogP contribution is 2.28. The minimum Gasteiger partial charge on any atom is -0.494 e. The van der Waals surface area contributed by atoms with E-state index in [0.717, 1.165) is 85.9 Å². The van der Waals surface area contributed by atoms with E-state index in [4.69, 9.17) is 21.1 Å². The quantitative estimate of drug-likeness (QED) is 0.444. The van der Waals surface area contributed by atoms with Crippen molar-refractivity contribution < 1.29 is 19.4 Å². The van der Waals surface area contributed by atoms with E-state index >= 15 is 0 Å². The van der Waals surface area contributed by atoms with Crippen molar-refractivity contribution in [2.24, 2.45) is 0 Å². The van der Waals surface area contributed by atoms with Crippen LogP contribution in [0.5, 0.6) is 11.5 Å². The number of ether oxygens (including phenoxy) is 2. The molecular formula is C29H39ClN2O4. The zero-order valence-corrected chi connectivity index (χ0v) is 22.4. The van der Waals surface area contributed by atoms with Crippen LogP contribution in [0.1, 0.15) is 55.2 Å². The lowest BCUT2D eigenvalue weighted by atomic mass is 9.93. The highest BCUT2D eigenvalue weighted by Gasteiger charge is 2.34. The van der Waals surface area contributed by atoms with Gasteiger partial charge in [0.05, 0.1) is 6.61 Å². The van der Waals surface area contributed by atoms with E-state index in [9.17, 15) is 9.90 Å². The first-order chi connectivity index (χ1) is 17.3. The minimum atomic E-state index is -0.877. The van der Waals surface area contributed by atoms with E-state index < -0.39 is 5.60 Å². The molecule has 2 aliphatic heterocycles. The van der Waals surface area contributed by atoms with Crippen LogP contribution in [0.3, 0.4) is 0 Å². The third kappa shape index (κ3) is 7.37. The molecule has 2 saturated heterocycles. The van der Waals surface area contributed by atoms with Gasteiger partial charge in [0.15, 0.2) is 0 Å². The molecule has 0 aromatic heterocycles. The first kappa shape index (κ1) is 26.8. The van der Waals surface area contributed by atoms with Crippen LogP contribution in [0.15, 0.2) is 36.4 Å². The summed E-state index contributed by atoms with van der Waals surface area (Å²) in [5.41, 5.74) is 2.27. The van der Waals surface area contributed by atoms with Crippen molar-refractivity contribution in [1.82, 2.24) is 9.80 Å². The number of hydrogen-bond donors (Lipinski definition) is 1. The van der Waals surface area contributed by atoms with Crippen LogP contribution in [0.25, 0.3) is 0 Å². The van der Waals surface area contributed by atoms with Crippen LogP contribution in [0.4, 0.5) is 0 Å². The van der Waals surface area contributed by atoms with Gasteiger partial charge in [-0.15, -0.1) is 0 Å². The van der Waals surface area contributed by atoms with Gasteiger partial charge in [-0.1, -0.05) is 23.7 Å². The fraction of sp³-hybridized carbons (Fsp3) is 0.552. The van der Waals surface area contributed by atoms with Crippen molar-refractivity contribution >= 4 is 17.5 Å². The molecule has 0 saturated carbocycles. The van der Waals surface area contributed by atoms with Gasteiger partial charge in [-0.2, -0.15) is 0 Å². The Hall–Kier alpha value is -2.28. The fourth-order valence-electron chi connectivity index (χ4n) is 5.16. The van der Waals surface area contributed by atoms with Crippen LogP contribution in [0, 0.1) is 13.8 Å². The van der Waals surface area contributed by atoms with Crippen LogP contribution in [-0.2, 0) is 11.3 Å². The van der Waals surface area contributed by atoms with E-state index in [0.29, 0.717) is 19.6 Å². The molecule has 1 amide bonds. The standard InChI is InChI=1S/C29H39ClN2O4/c1-22-17-26(18-23(2)28(22)30)36-21-29(34)12-5-13-31(20-29)19-24-8-10-25(11-9-24)35-16-6-15-32-14-4-3-7-27(32)33/h8-11,17-18,34H,3-7,12-16,19-21H2,1-2H3/t29-/m1/s1. The zero-order chi connectivity index (χ0) is 25.5. The molecule has 196 valence electrons. The molecule has 36 heavy (non-hydrogen) atoms. The summed E-state index contributed by atoms with van der Waals surface area (Å²) in [5, 5.41) is 12.0. The number of carbonyl (C=O) groups excluding carboxylic acids is 1. The number of hydrogen-bond acceptors (Lipinski definition) is 5. The Bertz CT molecular complexity index is 1010. The summed E-state index contributed by atoms with van der Waals surface area (Å²) < 4.78 is 11.9. The molecule has 1 N–H and O–H groups in total. The maximum atomic E-state index is 11.9. The number of aliphatic hydroxyl groups is 1. The molecule has 2 aliphatic rings. The van der Waals surface area contributed by atoms with E-state index in [1.54, 1.807) is 0 Å². The van der Waals surface area contributed by atoms with E-state index in [-0.39, 0.29) is 12.5 Å². The lowest BCUT2D eigenvalue weighted by Crippen LogP contribution is -2.51. The Morgan fingerprint density at radius 3 is 2.47 bits per heavy atom. The number of piperidine rings is 2. The molecule has 2 fully saturated rings. The topological polar surface area (TPSA) is 62.2 Å². The largest absolute Gasteiger partial charge is 0.494 e. The lowest BCUT2D eigenvalue weighted by Gasteiger charge is -2.39. The van der Waals surface area contributed by atoms with Gasteiger partial charge in [0.1, 0.15) is 23.7 Å². The molecule has 1 atom stereocenters. The Balaban J connectivity index is 1.21. The van der Waals surface area contributed by atoms with Crippen molar-refractivity contribution in [1.29, 1.82) is 0 Å². The number of amides is 1. The van der Waals surface area contributed by atoms with Crippen LogP contribution < -0.4 is 9.47 Å². The predicted octanol–water partition coefficient (Wildman–Crippen LogP) is 5.14. The SMILES string of the molecule is Cc1cc(OC[C@@]2(O)CCCN(Cc3ccc(OCCCN4CCCCC4=O)cc3)C2)cc(C)c1Cl. The summed E-state index contributed by atoms with van der Waals surface area (Å²) in [6.07, 6.45) is 5.31. The fourth-order valence-corrected chi connectivity index (χ4v) is 5.27. The molecule has 7 heteroatoms. The Morgan fingerprint density at radius 2 is 1.75 bits per heavy atom. The number of halogens is 1. The molecule has 2 heterocycles. The van der Waals surface area contributed by atoms with Gasteiger partial charge in [-0.05, 0) is 93.5 Å². The van der Waals surface area contributed by atoms with Gasteiger partial charge >= 0.3 is 0 Å². The first-order valence-electron chi connectivity index (χ1n) is 13.2. The van der Waals surface area contributed by atoms with Gasteiger partial charge in [0.2, 0.25) is 5.91 Å². The average Bonchev–Trinajstić information content (AvgIpc) is 2.86. The third-order valence-electron chi connectivity index (χ3n) is 7.14. The molecule has 0 radical (unpaired) electrons. The van der Waals surface area contributed by atoms with Crippen molar-refractivity contribution in [3.8, 4) is 11.5 Å². The number of β-amino-alcohol motifs (C(OH)–C–C–N with tert-alkyl or cyclic N) is 1. The normalized spacial score (nSPS) is 21.0. The van der Waals surface area contributed by atoms with Crippen LogP contribution in [0.2, 0.25) is 5.02 Å². The highest BCUT2D eigenvalue weighted by molar-refractivity contribution is 6.32. The smallest absolute Gasteiger partial charge is 0.222 e. The van der Waals surface area contributed by atoms with E-state index in [1.165, 1.54) is 5.56 Å². The predicted molar refractivity (Wildman–Crippen MR) is 143 cm³/mol. The highest BCUT2D eigenvalue weighted by atomic mass is 35.5. The van der Waals surface area contributed by atoms with Crippen LogP contribution >= 0.6 is 11.6 Å². The van der Waals surface area contributed by atoms with Crippen molar-refractivity contribution in [3.63, 3.8) is 0 Å². The summed E-state index contributed by atoms with van der Waals surface area (Å²) in [6, 6.07) is 12.0. The monoisotopic (exact) mass is 514 g/mol. The third-order valence-corrected chi connectivity index (χ3v) is 7.74. The second-order valence-corrected chi connectivity index (χ2v) is 10.8. The van der Waals surface area contributed by atoms with Gasteiger partial charge in [-0.3, -0.25) is 9.69 Å². The lowest BCUT2D eigenvalue weighted by molar-refractivity contribution is -0.133. The number of rotatable bonds is 10. The van der Waals surface area contributed by atoms with E-state index in [2.05, 4.69) is 17.0 Å². The number of benzene rings is 2. The van der Waals surface area contributed by atoms with Crippen LogP contribution in [-0.4, -0.2) is 65.8 Å². The van der Waals surface area contributed by atoms with E-state index in [1.807, 2.05) is 43.0 Å². The molecule has 6 nitrogen and oxygen atoms in total. The second kappa shape index (κ2) is 12.3. The van der Waals surface area contributed by atoms with Crippen molar-refractivity contribution in [2.75, 3.05) is 39.4 Å². The molecule has 0 aliphatic carbocycles. The maximum Gasteiger partial charge on any atom is 0.222 e. The average molecular weight is 515 g/mol. The second-order valence-electron chi connectivity index (χ2n) is 10.4. The number of aryl methyl sites for hydroxylation is 2. The summed E-state index contributed by atoms with van der Waals surface area (Å²) in [5.74, 6) is 1.87. The Morgan fingerprint density at radius 1 is 1.00 bits per heavy atom. The molecular weight excluding hydrogens is 476 g/mol. The van der Waals surface area contributed by atoms with Gasteiger partial charge in [0.25, 0.3) is 0 Å². The summed E-state index contributed by atoms with van der Waals surface area (Å²) in [6.45, 7) is 8.76. The number of likely N-dealkylation sites (tertiary alicyclic amines) is 2. The molecule has 4 rings (SSSR count). The first-order valence-corrected chi connectivity index (χ1v) is 13.5. The van der Waals surface area contributed by atoms with Gasteiger partial charge in [0, 0.05) is 37.6 Å². The molecule has 0 unspecified atom stereocenters. The molecule has 0 spiro atoms. The Labute approximate surface area is 220 Å². The maximum absolute atomic E-state index is 11.9. The molecule has 0 bridgehead atoms. The van der Waals surface area contributed by atoms with Crippen molar-refractivity contribution in [3.05, 3.63) is 58.1 Å². The van der Waals surface area contributed by atoms with Crippen molar-refractivity contribution in [2.45, 2.75) is 64.5 Å². The minimum absolute atomic E-state index is 0.264. The van der Waals surface area contributed by atoms with Gasteiger partial charge in [-0.25, -0.2) is 0 Å². The summed E-state index contributed by atoms with van der Waals surface area (Å²) in [4.78, 5) is 16.1. The Kier molecular flexibility index (Phi) is 9.15. The number of nitrogens with zero attached hydrogens (tertiary/aromatic N) is 2. The molecule has 2 aromatic rings. The summed E-state index contributed by atoms with van der Waals surface area (Å²) >= 11 is 6.27. The number of carbonyl (C=O) groups is 1. The molecule has 2 aromatic carbocycles.